The van der Waals surface area contributed by atoms with Gasteiger partial charge in [-0.15, -0.1) is 10.2 Å². The van der Waals surface area contributed by atoms with Crippen molar-refractivity contribution < 1.29 is 23.8 Å². The molecule has 0 radical (unpaired) electrons. The fraction of sp³-hybridized carbons (Fsp3) is 0.273. The van der Waals surface area contributed by atoms with Crippen molar-refractivity contribution in [1.29, 1.82) is 0 Å². The summed E-state index contributed by atoms with van der Waals surface area (Å²) in [5, 5.41) is 8.88. The van der Waals surface area contributed by atoms with E-state index in [9.17, 15) is 9.59 Å². The number of nitrogens with zero attached hydrogens (tertiary/aromatic N) is 5. The van der Waals surface area contributed by atoms with Crippen molar-refractivity contribution in [2.45, 2.75) is 6.54 Å². The number of carbonyl (C=O) groups excluding carboxylic acids is 2. The number of aromatic nitrogens is 2. The lowest BCUT2D eigenvalue weighted by Crippen LogP contribution is -2.52. The molecule has 4 aromatic rings. The molecule has 0 saturated carbocycles. The molecular formula is C33H35N5O5. The maximum absolute atomic E-state index is 13.5. The summed E-state index contributed by atoms with van der Waals surface area (Å²) >= 11 is 0. The van der Waals surface area contributed by atoms with E-state index >= 15 is 0 Å². The topological polar surface area (TPSA) is 97.3 Å². The maximum atomic E-state index is 13.5. The summed E-state index contributed by atoms with van der Waals surface area (Å²) in [7, 11) is 4.76. The second kappa shape index (κ2) is 13.7. The molecule has 222 valence electrons. The molecule has 2 heterocycles. The minimum atomic E-state index is -0.223. The Hall–Kier alpha value is -5.12. The quantitative estimate of drug-likeness (QED) is 0.276. The fourth-order valence-electron chi connectivity index (χ4n) is 5.03. The lowest BCUT2D eigenvalue weighted by molar-refractivity contribution is -0.132. The van der Waals surface area contributed by atoms with Gasteiger partial charge < -0.3 is 28.9 Å². The van der Waals surface area contributed by atoms with Crippen LogP contribution in [0.2, 0.25) is 0 Å². The highest BCUT2D eigenvalue weighted by molar-refractivity contribution is 5.96. The van der Waals surface area contributed by atoms with Gasteiger partial charge in [0.1, 0.15) is 12.3 Å². The molecule has 1 aliphatic heterocycles. The van der Waals surface area contributed by atoms with Crippen molar-refractivity contribution in [2.24, 2.45) is 0 Å². The van der Waals surface area contributed by atoms with E-state index in [0.717, 1.165) is 22.6 Å². The van der Waals surface area contributed by atoms with Crippen molar-refractivity contribution in [2.75, 3.05) is 59.0 Å². The Bertz CT molecular complexity index is 1540. The van der Waals surface area contributed by atoms with Crippen LogP contribution in [0.3, 0.4) is 0 Å². The van der Waals surface area contributed by atoms with E-state index in [0.29, 0.717) is 55.5 Å². The summed E-state index contributed by atoms with van der Waals surface area (Å²) < 4.78 is 16.0. The highest BCUT2D eigenvalue weighted by atomic mass is 16.5. The number of hydrogen-bond donors (Lipinski definition) is 0. The van der Waals surface area contributed by atoms with Crippen LogP contribution in [0.25, 0.3) is 11.3 Å². The molecule has 0 unspecified atom stereocenters. The third kappa shape index (κ3) is 7.03. The first kappa shape index (κ1) is 29.4. The van der Waals surface area contributed by atoms with Gasteiger partial charge in [0, 0.05) is 43.9 Å². The zero-order valence-electron chi connectivity index (χ0n) is 24.6. The highest BCUT2D eigenvalue weighted by Gasteiger charge is 2.26. The number of amides is 2. The molecule has 1 aliphatic rings. The Morgan fingerprint density at radius 1 is 0.767 bits per heavy atom. The molecule has 1 fully saturated rings. The Labute approximate surface area is 251 Å². The molecule has 0 N–H and O–H groups in total. The van der Waals surface area contributed by atoms with Gasteiger partial charge in [-0.05, 0) is 54.1 Å². The Morgan fingerprint density at radius 2 is 1.53 bits per heavy atom. The van der Waals surface area contributed by atoms with Crippen LogP contribution in [-0.4, -0.2) is 85.9 Å². The third-order valence-electron chi connectivity index (χ3n) is 7.43. The third-order valence-corrected chi connectivity index (χ3v) is 7.43. The monoisotopic (exact) mass is 581 g/mol. The number of methoxy groups -OCH3 is 3. The number of carbonyl (C=O) groups is 2. The molecule has 0 bridgehead atoms. The van der Waals surface area contributed by atoms with Gasteiger partial charge in [0.2, 0.25) is 5.91 Å². The normalized spacial score (nSPS) is 12.9. The molecule has 1 saturated heterocycles. The van der Waals surface area contributed by atoms with Crippen LogP contribution < -0.4 is 19.1 Å². The van der Waals surface area contributed by atoms with Gasteiger partial charge in [0.15, 0.2) is 17.3 Å². The largest absolute Gasteiger partial charge is 0.497 e. The first-order chi connectivity index (χ1) is 21.0. The van der Waals surface area contributed by atoms with E-state index in [1.54, 1.807) is 55.4 Å². The molecule has 0 aliphatic carbocycles. The Balaban J connectivity index is 1.22. The van der Waals surface area contributed by atoms with E-state index in [4.69, 9.17) is 14.2 Å². The number of rotatable bonds is 10. The maximum Gasteiger partial charge on any atom is 0.254 e. The van der Waals surface area contributed by atoms with Crippen LogP contribution in [0.15, 0.2) is 84.9 Å². The lowest BCUT2D eigenvalue weighted by Gasteiger charge is -2.36. The van der Waals surface area contributed by atoms with Crippen LogP contribution in [0, 0.1) is 0 Å². The fourth-order valence-corrected chi connectivity index (χ4v) is 5.03. The average molecular weight is 582 g/mol. The molecule has 43 heavy (non-hydrogen) atoms. The smallest absolute Gasteiger partial charge is 0.254 e. The standard InChI is InChI=1S/C33H35N5O5/c1-41-27-11-7-10-26(20-27)33(40)38(22-24-8-5-4-6-9-24)23-32(39)37-18-16-36(17-19-37)31-15-13-28(34-35-31)25-12-14-29(42-2)30(21-25)43-3/h4-15,20-21H,16-19,22-23H2,1-3H3. The van der Waals surface area contributed by atoms with Gasteiger partial charge in [-0.25, -0.2) is 0 Å². The predicted octanol–water partition coefficient (Wildman–Crippen LogP) is 4.16. The van der Waals surface area contributed by atoms with E-state index < -0.39 is 0 Å². The summed E-state index contributed by atoms with van der Waals surface area (Å²) in [5.41, 5.74) is 3.02. The zero-order chi connectivity index (χ0) is 30.2. The van der Waals surface area contributed by atoms with Crippen molar-refractivity contribution in [3.05, 3.63) is 96.1 Å². The van der Waals surface area contributed by atoms with E-state index in [1.807, 2.05) is 60.7 Å². The predicted molar refractivity (Wildman–Crippen MR) is 164 cm³/mol. The zero-order valence-corrected chi connectivity index (χ0v) is 24.6. The van der Waals surface area contributed by atoms with Crippen LogP contribution in [0.1, 0.15) is 15.9 Å². The first-order valence-electron chi connectivity index (χ1n) is 14.0. The van der Waals surface area contributed by atoms with Gasteiger partial charge >= 0.3 is 0 Å². The average Bonchev–Trinajstić information content (AvgIpc) is 3.08. The number of piperazine rings is 1. The van der Waals surface area contributed by atoms with Crippen molar-refractivity contribution in [3.63, 3.8) is 0 Å². The van der Waals surface area contributed by atoms with E-state index in [2.05, 4.69) is 15.1 Å². The minimum absolute atomic E-state index is 0.0231. The van der Waals surface area contributed by atoms with E-state index in [1.165, 1.54) is 0 Å². The molecule has 0 spiro atoms. The Kier molecular flexibility index (Phi) is 9.36. The molecule has 1 aromatic heterocycles. The molecule has 3 aromatic carbocycles. The number of hydrogen-bond acceptors (Lipinski definition) is 8. The second-order valence-corrected chi connectivity index (χ2v) is 10.1. The Morgan fingerprint density at radius 3 is 2.21 bits per heavy atom. The number of benzene rings is 3. The molecule has 2 amide bonds. The van der Waals surface area contributed by atoms with E-state index in [-0.39, 0.29) is 18.4 Å². The van der Waals surface area contributed by atoms with Crippen LogP contribution in [0.5, 0.6) is 17.2 Å². The van der Waals surface area contributed by atoms with Crippen LogP contribution in [0.4, 0.5) is 5.82 Å². The van der Waals surface area contributed by atoms with Crippen molar-refractivity contribution >= 4 is 17.6 Å². The molecule has 10 nitrogen and oxygen atoms in total. The highest BCUT2D eigenvalue weighted by Crippen LogP contribution is 2.31. The molecule has 10 heteroatoms. The van der Waals surface area contributed by atoms with Gasteiger partial charge in [0.25, 0.3) is 5.91 Å². The SMILES string of the molecule is COc1cccc(C(=O)N(CC(=O)N2CCN(c3ccc(-c4ccc(OC)c(OC)c4)nn3)CC2)Cc2ccccc2)c1. The van der Waals surface area contributed by atoms with Gasteiger partial charge in [0.05, 0.1) is 27.0 Å². The number of anilines is 1. The minimum Gasteiger partial charge on any atom is -0.497 e. The van der Waals surface area contributed by atoms with Crippen LogP contribution in [-0.2, 0) is 11.3 Å². The van der Waals surface area contributed by atoms with Crippen LogP contribution >= 0.6 is 0 Å². The molecule has 0 atom stereocenters. The van der Waals surface area contributed by atoms with Crippen molar-refractivity contribution in [1.82, 2.24) is 20.0 Å². The second-order valence-electron chi connectivity index (χ2n) is 10.1. The van der Waals surface area contributed by atoms with Gasteiger partial charge in [-0.3, -0.25) is 9.59 Å². The number of ether oxygens (including phenoxy) is 3. The summed E-state index contributed by atoms with van der Waals surface area (Å²) in [6.45, 7) is 2.56. The van der Waals surface area contributed by atoms with Crippen molar-refractivity contribution in [3.8, 4) is 28.5 Å². The molecule has 5 rings (SSSR count). The molecular weight excluding hydrogens is 546 g/mol. The summed E-state index contributed by atoms with van der Waals surface area (Å²) in [5.74, 6) is 2.29. The summed E-state index contributed by atoms with van der Waals surface area (Å²) in [6.07, 6.45) is 0. The summed E-state index contributed by atoms with van der Waals surface area (Å²) in [6, 6.07) is 26.2. The summed E-state index contributed by atoms with van der Waals surface area (Å²) in [4.78, 5) is 32.5. The first-order valence-corrected chi connectivity index (χ1v) is 14.0. The van der Waals surface area contributed by atoms with Gasteiger partial charge in [-0.2, -0.15) is 0 Å². The lowest BCUT2D eigenvalue weighted by atomic mass is 10.1. The van der Waals surface area contributed by atoms with Gasteiger partial charge in [-0.1, -0.05) is 36.4 Å².